The Hall–Kier alpha value is -1.19. The number of rotatable bonds is 5. The molecule has 0 aliphatic rings. The first-order valence-corrected chi connectivity index (χ1v) is 6.55. The molecule has 1 aromatic heterocycles. The van der Waals surface area contributed by atoms with E-state index in [1.165, 1.54) is 10.9 Å². The zero-order valence-electron chi connectivity index (χ0n) is 10.7. The standard InChI is InChI=1S/C14H18ClNO2/c1-3-10-9-16(5-4-6-17)13-8-12(15)14(18-2)7-11(10)13/h7-9,17H,3-6H2,1-2H3. The lowest BCUT2D eigenvalue weighted by molar-refractivity contribution is 0.280. The van der Waals surface area contributed by atoms with Crippen LogP contribution in [-0.4, -0.2) is 23.4 Å². The summed E-state index contributed by atoms with van der Waals surface area (Å²) in [6, 6.07) is 3.93. The van der Waals surface area contributed by atoms with Gasteiger partial charge in [-0.15, -0.1) is 0 Å². The topological polar surface area (TPSA) is 34.4 Å². The number of hydrogen-bond donors (Lipinski definition) is 1. The number of halogens is 1. The van der Waals surface area contributed by atoms with Crippen molar-refractivity contribution in [3.8, 4) is 5.75 Å². The maximum atomic E-state index is 8.94. The zero-order chi connectivity index (χ0) is 13.1. The van der Waals surface area contributed by atoms with Crippen LogP contribution in [0.2, 0.25) is 5.02 Å². The van der Waals surface area contributed by atoms with Crippen molar-refractivity contribution in [1.29, 1.82) is 0 Å². The quantitative estimate of drug-likeness (QED) is 0.902. The van der Waals surface area contributed by atoms with Crippen molar-refractivity contribution < 1.29 is 9.84 Å². The van der Waals surface area contributed by atoms with Crippen LogP contribution in [0, 0.1) is 0 Å². The molecule has 2 rings (SSSR count). The number of aliphatic hydroxyl groups is 1. The lowest BCUT2D eigenvalue weighted by atomic mass is 10.1. The third-order valence-electron chi connectivity index (χ3n) is 3.18. The molecule has 0 saturated heterocycles. The van der Waals surface area contributed by atoms with Gasteiger partial charge in [0, 0.05) is 24.7 Å². The number of aliphatic hydroxyl groups excluding tert-OH is 1. The van der Waals surface area contributed by atoms with Gasteiger partial charge in [0.2, 0.25) is 0 Å². The van der Waals surface area contributed by atoms with E-state index in [1.807, 2.05) is 12.1 Å². The Labute approximate surface area is 112 Å². The van der Waals surface area contributed by atoms with Gasteiger partial charge in [0.15, 0.2) is 0 Å². The van der Waals surface area contributed by atoms with Gasteiger partial charge in [-0.2, -0.15) is 0 Å². The zero-order valence-corrected chi connectivity index (χ0v) is 11.5. The van der Waals surface area contributed by atoms with Crippen LogP contribution in [0.5, 0.6) is 5.75 Å². The summed E-state index contributed by atoms with van der Waals surface area (Å²) in [5.74, 6) is 0.707. The molecule has 1 heterocycles. The Morgan fingerprint density at radius 3 is 2.78 bits per heavy atom. The molecule has 0 fully saturated rings. The van der Waals surface area contributed by atoms with Crippen LogP contribution in [0.1, 0.15) is 18.9 Å². The van der Waals surface area contributed by atoms with E-state index in [2.05, 4.69) is 17.7 Å². The second kappa shape index (κ2) is 5.63. The number of hydrogen-bond acceptors (Lipinski definition) is 2. The fraction of sp³-hybridized carbons (Fsp3) is 0.429. The van der Waals surface area contributed by atoms with Crippen molar-refractivity contribution in [2.45, 2.75) is 26.3 Å². The molecule has 1 aromatic carbocycles. The summed E-state index contributed by atoms with van der Waals surface area (Å²) in [7, 11) is 1.63. The molecule has 98 valence electrons. The first kappa shape index (κ1) is 13.2. The van der Waals surface area contributed by atoms with Gasteiger partial charge in [0.1, 0.15) is 5.75 Å². The van der Waals surface area contributed by atoms with E-state index < -0.39 is 0 Å². The SMILES string of the molecule is CCc1cn(CCCO)c2cc(Cl)c(OC)cc12. The van der Waals surface area contributed by atoms with Gasteiger partial charge in [-0.25, -0.2) is 0 Å². The number of nitrogens with zero attached hydrogens (tertiary/aromatic N) is 1. The van der Waals surface area contributed by atoms with Crippen LogP contribution >= 0.6 is 11.6 Å². The molecule has 4 heteroatoms. The van der Waals surface area contributed by atoms with Crippen LogP contribution < -0.4 is 4.74 Å². The third kappa shape index (κ3) is 2.33. The Morgan fingerprint density at radius 2 is 2.17 bits per heavy atom. The Kier molecular flexibility index (Phi) is 4.15. The van der Waals surface area contributed by atoms with Crippen molar-refractivity contribution in [2.24, 2.45) is 0 Å². The fourth-order valence-electron chi connectivity index (χ4n) is 2.23. The first-order valence-electron chi connectivity index (χ1n) is 6.17. The predicted molar refractivity (Wildman–Crippen MR) is 74.6 cm³/mol. The van der Waals surface area contributed by atoms with Gasteiger partial charge in [-0.05, 0) is 30.5 Å². The van der Waals surface area contributed by atoms with Gasteiger partial charge in [-0.3, -0.25) is 0 Å². The van der Waals surface area contributed by atoms with Gasteiger partial charge in [0.05, 0.1) is 17.6 Å². The maximum Gasteiger partial charge on any atom is 0.138 e. The largest absolute Gasteiger partial charge is 0.495 e. The molecule has 0 aliphatic carbocycles. The highest BCUT2D eigenvalue weighted by Crippen LogP contribution is 2.33. The summed E-state index contributed by atoms with van der Waals surface area (Å²) in [6.07, 6.45) is 3.85. The summed E-state index contributed by atoms with van der Waals surface area (Å²) >= 11 is 6.17. The van der Waals surface area contributed by atoms with Crippen LogP contribution in [0.3, 0.4) is 0 Å². The molecular weight excluding hydrogens is 250 g/mol. The maximum absolute atomic E-state index is 8.94. The average molecular weight is 268 g/mol. The monoisotopic (exact) mass is 267 g/mol. The smallest absolute Gasteiger partial charge is 0.138 e. The molecule has 18 heavy (non-hydrogen) atoms. The lowest BCUT2D eigenvalue weighted by Gasteiger charge is -2.06. The highest BCUT2D eigenvalue weighted by Gasteiger charge is 2.11. The summed E-state index contributed by atoms with van der Waals surface area (Å²) in [6.45, 7) is 3.13. The van der Waals surface area contributed by atoms with E-state index in [0.717, 1.165) is 24.9 Å². The molecule has 0 aliphatic heterocycles. The summed E-state index contributed by atoms with van der Waals surface area (Å²) in [5, 5.41) is 10.7. The number of aryl methyl sites for hydroxylation is 2. The minimum atomic E-state index is 0.199. The minimum Gasteiger partial charge on any atom is -0.495 e. The summed E-state index contributed by atoms with van der Waals surface area (Å²) in [4.78, 5) is 0. The van der Waals surface area contributed by atoms with E-state index in [4.69, 9.17) is 21.4 Å². The second-order valence-electron chi connectivity index (χ2n) is 4.28. The van der Waals surface area contributed by atoms with Gasteiger partial charge in [-0.1, -0.05) is 18.5 Å². The molecular formula is C14H18ClNO2. The van der Waals surface area contributed by atoms with Crippen LogP contribution in [0.25, 0.3) is 10.9 Å². The second-order valence-corrected chi connectivity index (χ2v) is 4.69. The fourth-order valence-corrected chi connectivity index (χ4v) is 2.46. The van der Waals surface area contributed by atoms with E-state index >= 15 is 0 Å². The summed E-state index contributed by atoms with van der Waals surface area (Å²) < 4.78 is 7.41. The normalized spacial score (nSPS) is 11.1. The number of ether oxygens (including phenoxy) is 1. The number of fused-ring (bicyclic) bond motifs is 1. The van der Waals surface area contributed by atoms with Crippen molar-refractivity contribution in [3.63, 3.8) is 0 Å². The molecule has 0 unspecified atom stereocenters. The van der Waals surface area contributed by atoms with Crippen molar-refractivity contribution in [3.05, 3.63) is 28.9 Å². The molecule has 0 spiro atoms. The van der Waals surface area contributed by atoms with E-state index in [9.17, 15) is 0 Å². The van der Waals surface area contributed by atoms with E-state index in [0.29, 0.717) is 10.8 Å². The predicted octanol–water partition coefficient (Wildman–Crippen LogP) is 3.25. The molecule has 0 saturated carbocycles. The first-order chi connectivity index (χ1) is 8.71. The average Bonchev–Trinajstić information content (AvgIpc) is 2.72. The number of methoxy groups -OCH3 is 1. The highest BCUT2D eigenvalue weighted by atomic mass is 35.5. The molecule has 3 nitrogen and oxygen atoms in total. The van der Waals surface area contributed by atoms with Crippen LogP contribution in [-0.2, 0) is 13.0 Å². The molecule has 0 amide bonds. The number of benzene rings is 1. The minimum absolute atomic E-state index is 0.199. The van der Waals surface area contributed by atoms with Gasteiger partial charge in [0.25, 0.3) is 0 Å². The number of aromatic nitrogens is 1. The third-order valence-corrected chi connectivity index (χ3v) is 3.47. The summed E-state index contributed by atoms with van der Waals surface area (Å²) in [5.41, 5.74) is 2.38. The molecule has 2 aromatic rings. The van der Waals surface area contributed by atoms with Gasteiger partial charge >= 0.3 is 0 Å². The van der Waals surface area contributed by atoms with Gasteiger partial charge < -0.3 is 14.4 Å². The van der Waals surface area contributed by atoms with Crippen molar-refractivity contribution >= 4 is 22.5 Å². The Bertz CT molecular complexity index is 548. The van der Waals surface area contributed by atoms with Crippen LogP contribution in [0.4, 0.5) is 0 Å². The van der Waals surface area contributed by atoms with E-state index in [1.54, 1.807) is 7.11 Å². The molecule has 1 N–H and O–H groups in total. The van der Waals surface area contributed by atoms with Crippen molar-refractivity contribution in [1.82, 2.24) is 4.57 Å². The molecule has 0 radical (unpaired) electrons. The Morgan fingerprint density at radius 1 is 1.39 bits per heavy atom. The highest BCUT2D eigenvalue weighted by molar-refractivity contribution is 6.32. The molecule has 0 bridgehead atoms. The van der Waals surface area contributed by atoms with E-state index in [-0.39, 0.29) is 6.61 Å². The van der Waals surface area contributed by atoms with Crippen LogP contribution in [0.15, 0.2) is 18.3 Å². The Balaban J connectivity index is 2.56. The van der Waals surface area contributed by atoms with Crippen molar-refractivity contribution in [2.75, 3.05) is 13.7 Å². The molecule has 0 atom stereocenters. The lowest BCUT2D eigenvalue weighted by Crippen LogP contribution is -1.98.